The van der Waals surface area contributed by atoms with Crippen LogP contribution >= 0.6 is 24.8 Å². The number of rotatable bonds is 6. The summed E-state index contributed by atoms with van der Waals surface area (Å²) >= 11 is 0. The van der Waals surface area contributed by atoms with Gasteiger partial charge in [-0.3, -0.25) is 9.69 Å². The van der Waals surface area contributed by atoms with Gasteiger partial charge in [0, 0.05) is 26.2 Å². The molecule has 0 aromatic heterocycles. The first-order valence-corrected chi connectivity index (χ1v) is 8.99. The van der Waals surface area contributed by atoms with Crippen molar-refractivity contribution in [1.82, 2.24) is 10.2 Å². The molecule has 0 radical (unpaired) electrons. The molecule has 148 valence electrons. The van der Waals surface area contributed by atoms with Crippen molar-refractivity contribution in [3.8, 4) is 0 Å². The van der Waals surface area contributed by atoms with Crippen LogP contribution in [-0.4, -0.2) is 30.4 Å². The van der Waals surface area contributed by atoms with Crippen molar-refractivity contribution in [2.45, 2.75) is 31.8 Å². The highest BCUT2D eigenvalue weighted by atomic mass is 35.5. The second kappa shape index (κ2) is 10.7. The Morgan fingerprint density at radius 3 is 2.41 bits per heavy atom. The molecule has 6 heteroatoms. The molecule has 0 saturated heterocycles. The Morgan fingerprint density at radius 2 is 1.70 bits per heavy atom. The molecule has 27 heavy (non-hydrogen) atoms. The number of amides is 1. The molecule has 0 aliphatic carbocycles. The third-order valence-corrected chi connectivity index (χ3v) is 4.99. The van der Waals surface area contributed by atoms with Gasteiger partial charge >= 0.3 is 0 Å². The summed E-state index contributed by atoms with van der Waals surface area (Å²) in [6, 6.07) is 18.2. The average Bonchev–Trinajstić information content (AvgIpc) is 2.65. The highest BCUT2D eigenvalue weighted by Gasteiger charge is 2.29. The maximum absolute atomic E-state index is 12.4. The van der Waals surface area contributed by atoms with Gasteiger partial charge in [-0.05, 0) is 36.5 Å². The van der Waals surface area contributed by atoms with Crippen LogP contribution in [0.3, 0.4) is 0 Å². The van der Waals surface area contributed by atoms with Crippen molar-refractivity contribution in [3.63, 3.8) is 0 Å². The minimum Gasteiger partial charge on any atom is -0.354 e. The predicted octanol–water partition coefficient (Wildman–Crippen LogP) is 3.27. The van der Waals surface area contributed by atoms with Crippen molar-refractivity contribution >= 4 is 30.7 Å². The highest BCUT2D eigenvalue weighted by molar-refractivity contribution is 5.87. The standard InChI is InChI=1S/C21H27N3O.2ClH/c1-21(22,19-10-3-2-4-11-19)20(25)23-13-7-14-24-15-12-17-8-5-6-9-18(17)16-24;;/h2-6,8-11H,7,12-16,22H2,1H3,(H,23,25);2*1H. The zero-order valence-corrected chi connectivity index (χ0v) is 17.3. The van der Waals surface area contributed by atoms with Gasteiger partial charge in [0.05, 0.1) is 0 Å². The van der Waals surface area contributed by atoms with E-state index in [2.05, 4.69) is 34.5 Å². The fourth-order valence-electron chi connectivity index (χ4n) is 3.35. The summed E-state index contributed by atoms with van der Waals surface area (Å²) in [6.45, 7) is 5.49. The fourth-order valence-corrected chi connectivity index (χ4v) is 3.35. The summed E-state index contributed by atoms with van der Waals surface area (Å²) in [5.74, 6) is -0.123. The summed E-state index contributed by atoms with van der Waals surface area (Å²) in [6.07, 6.45) is 2.04. The molecule has 0 fully saturated rings. The third kappa shape index (κ3) is 5.94. The molecule has 1 unspecified atom stereocenters. The second-order valence-corrected chi connectivity index (χ2v) is 6.97. The third-order valence-electron chi connectivity index (χ3n) is 4.99. The number of benzene rings is 2. The van der Waals surface area contributed by atoms with Crippen molar-refractivity contribution in [2.24, 2.45) is 5.73 Å². The van der Waals surface area contributed by atoms with Crippen LogP contribution in [0, 0.1) is 0 Å². The summed E-state index contributed by atoms with van der Waals surface area (Å²) in [5.41, 5.74) is 8.97. The van der Waals surface area contributed by atoms with Gasteiger partial charge in [0.1, 0.15) is 5.54 Å². The Labute approximate surface area is 174 Å². The van der Waals surface area contributed by atoms with Crippen LogP contribution in [0.2, 0.25) is 0 Å². The first-order chi connectivity index (χ1) is 12.1. The number of carbonyl (C=O) groups excluding carboxylic acids is 1. The molecule has 1 amide bonds. The van der Waals surface area contributed by atoms with Crippen molar-refractivity contribution in [3.05, 3.63) is 71.3 Å². The molecule has 0 bridgehead atoms. The molecule has 1 aliphatic heterocycles. The van der Waals surface area contributed by atoms with Crippen molar-refractivity contribution in [1.29, 1.82) is 0 Å². The zero-order valence-electron chi connectivity index (χ0n) is 15.7. The first kappa shape index (κ1) is 23.4. The smallest absolute Gasteiger partial charge is 0.244 e. The topological polar surface area (TPSA) is 58.4 Å². The van der Waals surface area contributed by atoms with E-state index in [4.69, 9.17) is 5.73 Å². The van der Waals surface area contributed by atoms with Crippen molar-refractivity contribution in [2.75, 3.05) is 19.6 Å². The lowest BCUT2D eigenvalue weighted by Crippen LogP contribution is -2.49. The summed E-state index contributed by atoms with van der Waals surface area (Å²) in [7, 11) is 0. The Balaban J connectivity index is 0.00000182. The van der Waals surface area contributed by atoms with E-state index in [1.54, 1.807) is 6.92 Å². The van der Waals surface area contributed by atoms with E-state index < -0.39 is 5.54 Å². The fraction of sp³-hybridized carbons (Fsp3) is 0.381. The molecular weight excluding hydrogens is 381 g/mol. The summed E-state index contributed by atoms with van der Waals surface area (Å²) in [4.78, 5) is 14.9. The van der Waals surface area contributed by atoms with E-state index in [1.165, 1.54) is 11.1 Å². The minimum absolute atomic E-state index is 0. The molecule has 2 aromatic carbocycles. The van der Waals surface area contributed by atoms with E-state index in [0.29, 0.717) is 6.54 Å². The number of carbonyl (C=O) groups is 1. The lowest BCUT2D eigenvalue weighted by Gasteiger charge is -2.29. The monoisotopic (exact) mass is 409 g/mol. The van der Waals surface area contributed by atoms with Gasteiger partial charge in [0.15, 0.2) is 0 Å². The van der Waals surface area contributed by atoms with Crippen LogP contribution in [0.25, 0.3) is 0 Å². The van der Waals surface area contributed by atoms with E-state index in [1.807, 2.05) is 30.3 Å². The molecule has 0 spiro atoms. The maximum Gasteiger partial charge on any atom is 0.244 e. The van der Waals surface area contributed by atoms with E-state index >= 15 is 0 Å². The molecule has 1 heterocycles. The molecule has 3 rings (SSSR count). The number of halogens is 2. The predicted molar refractivity (Wildman–Crippen MR) is 116 cm³/mol. The zero-order chi connectivity index (χ0) is 17.7. The van der Waals surface area contributed by atoms with Gasteiger partial charge in [-0.15, -0.1) is 24.8 Å². The Morgan fingerprint density at radius 1 is 1.07 bits per heavy atom. The van der Waals surface area contributed by atoms with Gasteiger partial charge in [-0.2, -0.15) is 0 Å². The average molecular weight is 410 g/mol. The molecule has 3 N–H and O–H groups in total. The largest absolute Gasteiger partial charge is 0.354 e. The van der Waals surface area contributed by atoms with Crippen LogP contribution in [-0.2, 0) is 23.3 Å². The first-order valence-electron chi connectivity index (χ1n) is 8.99. The molecule has 4 nitrogen and oxygen atoms in total. The van der Waals surface area contributed by atoms with Crippen LogP contribution in [0.1, 0.15) is 30.0 Å². The summed E-state index contributed by atoms with van der Waals surface area (Å²) < 4.78 is 0. The van der Waals surface area contributed by atoms with Gasteiger partial charge in [-0.25, -0.2) is 0 Å². The number of nitrogens with two attached hydrogens (primary N) is 1. The lowest BCUT2D eigenvalue weighted by molar-refractivity contribution is -0.126. The Bertz CT molecular complexity index is 722. The normalized spacial score (nSPS) is 15.5. The summed E-state index contributed by atoms with van der Waals surface area (Å²) in [5, 5.41) is 2.99. The van der Waals surface area contributed by atoms with E-state index in [9.17, 15) is 4.79 Å². The quantitative estimate of drug-likeness (QED) is 0.719. The van der Waals surface area contributed by atoms with Gasteiger partial charge in [0.2, 0.25) is 5.91 Å². The molecule has 0 saturated carbocycles. The molecular formula is C21H29Cl2N3O. The maximum atomic E-state index is 12.4. The van der Waals surface area contributed by atoms with Crippen LogP contribution in [0.4, 0.5) is 0 Å². The second-order valence-electron chi connectivity index (χ2n) is 6.97. The number of nitrogens with zero attached hydrogens (tertiary/aromatic N) is 1. The molecule has 1 atom stereocenters. The number of fused-ring (bicyclic) bond motifs is 1. The van der Waals surface area contributed by atoms with Gasteiger partial charge < -0.3 is 11.1 Å². The van der Waals surface area contributed by atoms with Crippen LogP contribution in [0.15, 0.2) is 54.6 Å². The molecule has 2 aromatic rings. The SMILES string of the molecule is CC(N)(C(=O)NCCCN1CCc2ccccc2C1)c1ccccc1.Cl.Cl. The molecule has 1 aliphatic rings. The minimum atomic E-state index is -0.995. The van der Waals surface area contributed by atoms with Crippen LogP contribution in [0.5, 0.6) is 0 Å². The van der Waals surface area contributed by atoms with Gasteiger partial charge in [-0.1, -0.05) is 54.6 Å². The highest BCUT2D eigenvalue weighted by Crippen LogP contribution is 2.19. The number of nitrogens with one attached hydrogen (secondary N) is 1. The van der Waals surface area contributed by atoms with E-state index in [0.717, 1.165) is 38.0 Å². The lowest BCUT2D eigenvalue weighted by atomic mass is 9.92. The van der Waals surface area contributed by atoms with Crippen molar-refractivity contribution < 1.29 is 4.79 Å². The Hall–Kier alpha value is -1.59. The van der Waals surface area contributed by atoms with E-state index in [-0.39, 0.29) is 30.7 Å². The number of hydrogen-bond donors (Lipinski definition) is 2. The number of hydrogen-bond acceptors (Lipinski definition) is 3. The van der Waals surface area contributed by atoms with Gasteiger partial charge in [0.25, 0.3) is 0 Å². The Kier molecular flexibility index (Phi) is 9.27. The van der Waals surface area contributed by atoms with Crippen LogP contribution < -0.4 is 11.1 Å².